The average Bonchev–Trinajstić information content (AvgIpc) is 3.00. The number of carbonyl (C=O) groups is 2. The van der Waals surface area contributed by atoms with Crippen molar-refractivity contribution in [1.82, 2.24) is 9.80 Å². The average molecular weight is 440 g/mol. The summed E-state index contributed by atoms with van der Waals surface area (Å²) in [6.07, 6.45) is 2.01. The molecule has 160 valence electrons. The molecule has 7 nitrogen and oxygen atoms in total. The van der Waals surface area contributed by atoms with E-state index in [0.29, 0.717) is 46.4 Å². The smallest absolute Gasteiger partial charge is 0.278 e. The summed E-state index contributed by atoms with van der Waals surface area (Å²) in [6, 6.07) is 12.9. The summed E-state index contributed by atoms with van der Waals surface area (Å²) in [4.78, 5) is 40.6. The van der Waals surface area contributed by atoms with Crippen molar-refractivity contribution in [3.63, 3.8) is 0 Å². The number of hydrogen-bond acceptors (Lipinski definition) is 5. The molecule has 2 aliphatic heterocycles. The standard InChI is InChI=1S/C23H22ClN3O4/c1-15-5-4-12-25(13-15)21-20(16-8-10-18(11-9-16)27(30)31)22(28)26(23(21)29)14-17-6-2-3-7-19(17)24/h2-3,6-11,15H,4-5,12-14H2,1H3. The third-order valence-electron chi connectivity index (χ3n) is 5.77. The first kappa shape index (κ1) is 21.1. The number of rotatable bonds is 5. The molecule has 2 heterocycles. The van der Waals surface area contributed by atoms with Crippen LogP contribution in [0.5, 0.6) is 0 Å². The second-order valence-corrected chi connectivity index (χ2v) is 8.42. The van der Waals surface area contributed by atoms with Gasteiger partial charge >= 0.3 is 0 Å². The van der Waals surface area contributed by atoms with E-state index in [9.17, 15) is 19.7 Å². The Balaban J connectivity index is 1.75. The number of nitro benzene ring substituents is 1. The van der Waals surface area contributed by atoms with Crippen LogP contribution in [0.1, 0.15) is 30.9 Å². The molecule has 2 aromatic rings. The minimum atomic E-state index is -0.489. The van der Waals surface area contributed by atoms with Crippen molar-refractivity contribution in [2.24, 2.45) is 5.92 Å². The lowest BCUT2D eigenvalue weighted by Gasteiger charge is -2.33. The van der Waals surface area contributed by atoms with Crippen LogP contribution in [0.4, 0.5) is 5.69 Å². The van der Waals surface area contributed by atoms with Gasteiger partial charge in [-0.1, -0.05) is 36.7 Å². The number of benzene rings is 2. The van der Waals surface area contributed by atoms with Crippen molar-refractivity contribution in [3.8, 4) is 0 Å². The van der Waals surface area contributed by atoms with Crippen molar-refractivity contribution >= 4 is 34.7 Å². The molecule has 0 saturated carbocycles. The van der Waals surface area contributed by atoms with Gasteiger partial charge in [0.25, 0.3) is 17.5 Å². The molecule has 0 spiro atoms. The first-order chi connectivity index (χ1) is 14.9. The van der Waals surface area contributed by atoms with E-state index in [1.807, 2.05) is 11.0 Å². The van der Waals surface area contributed by atoms with Crippen molar-refractivity contribution in [2.75, 3.05) is 13.1 Å². The topological polar surface area (TPSA) is 83.8 Å². The Hall–Kier alpha value is -3.19. The van der Waals surface area contributed by atoms with Crippen LogP contribution in [0.15, 0.2) is 54.2 Å². The molecule has 2 amide bonds. The lowest BCUT2D eigenvalue weighted by atomic mass is 9.97. The van der Waals surface area contributed by atoms with Gasteiger partial charge in [-0.3, -0.25) is 24.6 Å². The van der Waals surface area contributed by atoms with Gasteiger partial charge in [-0.15, -0.1) is 0 Å². The number of carbonyl (C=O) groups excluding carboxylic acids is 2. The Morgan fingerprint density at radius 2 is 1.81 bits per heavy atom. The molecule has 2 aromatic carbocycles. The number of non-ortho nitro benzene ring substituents is 1. The zero-order valence-electron chi connectivity index (χ0n) is 17.1. The van der Waals surface area contributed by atoms with Crippen LogP contribution in [0.25, 0.3) is 5.57 Å². The van der Waals surface area contributed by atoms with Crippen LogP contribution < -0.4 is 0 Å². The molecule has 1 unspecified atom stereocenters. The van der Waals surface area contributed by atoms with Gasteiger partial charge in [-0.05, 0) is 48.1 Å². The molecule has 4 rings (SSSR count). The fourth-order valence-corrected chi connectivity index (χ4v) is 4.40. The van der Waals surface area contributed by atoms with Crippen LogP contribution >= 0.6 is 11.6 Å². The van der Waals surface area contributed by atoms with Crippen molar-refractivity contribution in [2.45, 2.75) is 26.3 Å². The quantitative estimate of drug-likeness (QED) is 0.395. The number of nitrogens with zero attached hydrogens (tertiary/aromatic N) is 3. The Labute approximate surface area is 185 Å². The number of halogens is 1. The Bertz CT molecular complexity index is 1080. The maximum Gasteiger partial charge on any atom is 0.278 e. The maximum absolute atomic E-state index is 13.5. The molecular formula is C23H22ClN3O4. The van der Waals surface area contributed by atoms with Crippen LogP contribution in [-0.2, 0) is 16.1 Å². The molecule has 0 aromatic heterocycles. The van der Waals surface area contributed by atoms with Crippen LogP contribution in [0, 0.1) is 16.0 Å². The third-order valence-corrected chi connectivity index (χ3v) is 6.14. The van der Waals surface area contributed by atoms with Crippen molar-refractivity contribution in [3.05, 3.63) is 80.5 Å². The molecule has 31 heavy (non-hydrogen) atoms. The fraction of sp³-hybridized carbons (Fsp3) is 0.304. The van der Waals surface area contributed by atoms with Gasteiger partial charge in [0.15, 0.2) is 0 Å². The van der Waals surface area contributed by atoms with Gasteiger partial charge in [0, 0.05) is 30.2 Å². The molecule has 0 bridgehead atoms. The number of likely N-dealkylation sites (tertiary alicyclic amines) is 1. The summed E-state index contributed by atoms with van der Waals surface area (Å²) in [5, 5.41) is 11.5. The zero-order chi connectivity index (χ0) is 22.1. The number of piperidine rings is 1. The van der Waals surface area contributed by atoms with Crippen LogP contribution in [0.2, 0.25) is 5.02 Å². The van der Waals surface area contributed by atoms with Crippen molar-refractivity contribution in [1.29, 1.82) is 0 Å². The molecule has 0 aliphatic carbocycles. The van der Waals surface area contributed by atoms with E-state index in [1.165, 1.54) is 29.2 Å². The van der Waals surface area contributed by atoms with Gasteiger partial charge in [-0.25, -0.2) is 0 Å². The molecule has 1 atom stereocenters. The van der Waals surface area contributed by atoms with Gasteiger partial charge < -0.3 is 4.90 Å². The second-order valence-electron chi connectivity index (χ2n) is 8.01. The van der Waals surface area contributed by atoms with E-state index in [0.717, 1.165) is 12.8 Å². The predicted octanol–water partition coefficient (Wildman–Crippen LogP) is 4.26. The summed E-state index contributed by atoms with van der Waals surface area (Å²) in [5.74, 6) is -0.362. The highest BCUT2D eigenvalue weighted by Gasteiger charge is 2.42. The minimum absolute atomic E-state index is 0.0674. The number of amides is 2. The summed E-state index contributed by atoms with van der Waals surface area (Å²) >= 11 is 6.27. The summed E-state index contributed by atoms with van der Waals surface area (Å²) in [5.41, 5.74) is 1.78. The fourth-order valence-electron chi connectivity index (χ4n) is 4.20. The van der Waals surface area contributed by atoms with Gasteiger partial charge in [-0.2, -0.15) is 0 Å². The maximum atomic E-state index is 13.5. The number of hydrogen-bond donors (Lipinski definition) is 0. The molecular weight excluding hydrogens is 418 g/mol. The summed E-state index contributed by atoms with van der Waals surface area (Å²) in [6.45, 7) is 3.57. The van der Waals surface area contributed by atoms with Gasteiger partial charge in [0.1, 0.15) is 5.70 Å². The zero-order valence-corrected chi connectivity index (χ0v) is 17.8. The van der Waals surface area contributed by atoms with Crippen molar-refractivity contribution < 1.29 is 14.5 Å². The lowest BCUT2D eigenvalue weighted by Crippen LogP contribution is -2.39. The van der Waals surface area contributed by atoms with E-state index < -0.39 is 10.8 Å². The molecule has 0 N–H and O–H groups in total. The number of nitro groups is 1. The summed E-state index contributed by atoms with van der Waals surface area (Å²) < 4.78 is 0. The molecule has 8 heteroatoms. The van der Waals surface area contributed by atoms with Gasteiger partial charge in [0.05, 0.1) is 17.0 Å². The van der Waals surface area contributed by atoms with E-state index in [-0.39, 0.29) is 18.1 Å². The summed E-state index contributed by atoms with van der Waals surface area (Å²) in [7, 11) is 0. The molecule has 1 fully saturated rings. The van der Waals surface area contributed by atoms with Gasteiger partial charge in [0.2, 0.25) is 0 Å². The molecule has 2 aliphatic rings. The molecule has 0 radical (unpaired) electrons. The monoisotopic (exact) mass is 439 g/mol. The lowest BCUT2D eigenvalue weighted by molar-refractivity contribution is -0.384. The van der Waals surface area contributed by atoms with E-state index in [1.54, 1.807) is 18.2 Å². The Morgan fingerprint density at radius 3 is 2.45 bits per heavy atom. The number of imide groups is 1. The SMILES string of the molecule is CC1CCCN(C2=C(c3ccc([N+](=O)[O-])cc3)C(=O)N(Cc3ccccc3Cl)C2=O)C1. The third kappa shape index (κ3) is 4.05. The Kier molecular flexibility index (Phi) is 5.78. The van der Waals surface area contributed by atoms with E-state index >= 15 is 0 Å². The second kappa shape index (κ2) is 8.51. The van der Waals surface area contributed by atoms with Crippen LogP contribution in [0.3, 0.4) is 0 Å². The van der Waals surface area contributed by atoms with Crippen LogP contribution in [-0.4, -0.2) is 39.6 Å². The predicted molar refractivity (Wildman–Crippen MR) is 117 cm³/mol. The first-order valence-electron chi connectivity index (χ1n) is 10.2. The highest BCUT2D eigenvalue weighted by atomic mass is 35.5. The molecule has 1 saturated heterocycles. The van der Waals surface area contributed by atoms with E-state index in [4.69, 9.17) is 11.6 Å². The highest BCUT2D eigenvalue weighted by molar-refractivity contribution is 6.35. The Morgan fingerprint density at radius 1 is 1.10 bits per heavy atom. The highest BCUT2D eigenvalue weighted by Crippen LogP contribution is 2.35. The largest absolute Gasteiger partial charge is 0.366 e. The first-order valence-corrected chi connectivity index (χ1v) is 10.6. The minimum Gasteiger partial charge on any atom is -0.366 e. The normalized spacial score (nSPS) is 19.4. The van der Waals surface area contributed by atoms with E-state index in [2.05, 4.69) is 6.92 Å².